The summed E-state index contributed by atoms with van der Waals surface area (Å²) in [5.41, 5.74) is 0.255. The molecule has 0 fully saturated rings. The summed E-state index contributed by atoms with van der Waals surface area (Å²) in [6, 6.07) is 17.5. The molecule has 3 heteroatoms. The van der Waals surface area contributed by atoms with Crippen molar-refractivity contribution in [2.75, 3.05) is 0 Å². The van der Waals surface area contributed by atoms with E-state index in [1.54, 1.807) is 6.07 Å². The number of carboxylic acid groups (broad SMARTS) is 1. The van der Waals surface area contributed by atoms with Gasteiger partial charge in [-0.2, -0.15) is 0 Å². The van der Waals surface area contributed by atoms with Gasteiger partial charge in [-0.05, 0) is 32.3 Å². The second kappa shape index (κ2) is 5.09. The number of carbonyl (C=O) groups is 1. The first kappa shape index (κ1) is 14.0. The zero-order valence-corrected chi connectivity index (χ0v) is 14.1. The monoisotopic (exact) mass is 284 g/mol. The summed E-state index contributed by atoms with van der Waals surface area (Å²) < 4.78 is 0. The van der Waals surface area contributed by atoms with Crippen LogP contribution in [0.15, 0.2) is 54.6 Å². The van der Waals surface area contributed by atoms with Crippen LogP contribution in [0.5, 0.6) is 0 Å². The first-order valence-corrected chi connectivity index (χ1v) is 6.13. The van der Waals surface area contributed by atoms with Gasteiger partial charge < -0.3 is 9.90 Å². The molecule has 4 rings (SSSR count). The average molecular weight is 284 g/mol. The van der Waals surface area contributed by atoms with E-state index in [0.29, 0.717) is 0 Å². The molecule has 0 unspecified atom stereocenters. The predicted octanol–water partition coefficient (Wildman–Crippen LogP) is -0.0485. The molecule has 0 N–H and O–H groups in total. The summed E-state index contributed by atoms with van der Waals surface area (Å²) in [6.45, 7) is 0. The van der Waals surface area contributed by atoms with E-state index in [9.17, 15) is 9.90 Å². The summed E-state index contributed by atoms with van der Waals surface area (Å²) in [5.74, 6) is -1.13. The Balaban J connectivity index is 0.00000121. The first-order chi connectivity index (χ1) is 9.25. The van der Waals surface area contributed by atoms with E-state index >= 15 is 0 Å². The van der Waals surface area contributed by atoms with Crippen molar-refractivity contribution in [2.24, 2.45) is 0 Å². The van der Waals surface area contributed by atoms with Crippen molar-refractivity contribution in [3.8, 4) is 0 Å². The van der Waals surface area contributed by atoms with Gasteiger partial charge in [0.25, 0.3) is 0 Å². The second-order valence-corrected chi connectivity index (χ2v) is 4.76. The molecular weight excluding hydrogens is 275 g/mol. The molecule has 0 aromatic heterocycles. The fourth-order valence-electron chi connectivity index (χ4n) is 2.91. The molecule has 0 aliphatic rings. The number of rotatable bonds is 1. The van der Waals surface area contributed by atoms with Crippen LogP contribution in [0.25, 0.3) is 32.3 Å². The molecule has 2 nitrogen and oxygen atoms in total. The van der Waals surface area contributed by atoms with E-state index in [1.165, 1.54) is 0 Å². The maximum Gasteiger partial charge on any atom is 1.00 e. The van der Waals surface area contributed by atoms with E-state index < -0.39 is 5.97 Å². The molecule has 20 heavy (non-hydrogen) atoms. The number of hydrogen-bond acceptors (Lipinski definition) is 2. The van der Waals surface area contributed by atoms with Gasteiger partial charge in [-0.3, -0.25) is 0 Å². The molecule has 4 aromatic carbocycles. The van der Waals surface area contributed by atoms with Crippen LogP contribution in [-0.2, 0) is 0 Å². The molecule has 0 aliphatic carbocycles. The molecule has 0 radical (unpaired) electrons. The molecule has 0 saturated heterocycles. The molecule has 0 spiro atoms. The van der Waals surface area contributed by atoms with Crippen LogP contribution in [0.1, 0.15) is 10.4 Å². The van der Waals surface area contributed by atoms with Crippen molar-refractivity contribution in [1.82, 2.24) is 0 Å². The second-order valence-electron chi connectivity index (χ2n) is 4.76. The smallest absolute Gasteiger partial charge is 0.545 e. The fraction of sp³-hybridized carbons (Fsp3) is 0. The van der Waals surface area contributed by atoms with Gasteiger partial charge in [0.1, 0.15) is 0 Å². The van der Waals surface area contributed by atoms with Gasteiger partial charge in [0.2, 0.25) is 0 Å². The maximum atomic E-state index is 11.2. The average Bonchev–Trinajstić information content (AvgIpc) is 2.44. The summed E-state index contributed by atoms with van der Waals surface area (Å²) in [7, 11) is 0. The Morgan fingerprint density at radius 2 is 1.30 bits per heavy atom. The third-order valence-electron chi connectivity index (χ3n) is 3.75. The van der Waals surface area contributed by atoms with Crippen molar-refractivity contribution in [1.29, 1.82) is 0 Å². The first-order valence-electron chi connectivity index (χ1n) is 6.13. The fourth-order valence-corrected chi connectivity index (χ4v) is 2.91. The molecule has 90 valence electrons. The minimum absolute atomic E-state index is 0. The van der Waals surface area contributed by atoms with Gasteiger partial charge >= 0.3 is 51.4 Å². The van der Waals surface area contributed by atoms with E-state index in [4.69, 9.17) is 0 Å². The molecule has 4 aromatic rings. The largest absolute Gasteiger partial charge is 1.00 e. The Hall–Kier alpha value is -0.974. The van der Waals surface area contributed by atoms with Gasteiger partial charge in [-0.25, -0.2) is 0 Å². The number of carboxylic acids is 1. The third-order valence-corrected chi connectivity index (χ3v) is 3.75. The van der Waals surface area contributed by atoms with Crippen molar-refractivity contribution < 1.29 is 61.3 Å². The zero-order chi connectivity index (χ0) is 13.0. The van der Waals surface area contributed by atoms with Gasteiger partial charge in [0.15, 0.2) is 0 Å². The molecule has 0 saturated carbocycles. The Morgan fingerprint density at radius 3 is 1.95 bits per heavy atom. The van der Waals surface area contributed by atoms with Crippen LogP contribution in [0, 0.1) is 0 Å². The van der Waals surface area contributed by atoms with Crippen LogP contribution >= 0.6 is 0 Å². The Kier molecular flexibility index (Phi) is 3.56. The normalized spacial score (nSPS) is 11.0. The minimum atomic E-state index is -1.13. The Morgan fingerprint density at radius 1 is 0.750 bits per heavy atom. The topological polar surface area (TPSA) is 40.1 Å². The zero-order valence-electron chi connectivity index (χ0n) is 11.0. The summed E-state index contributed by atoms with van der Waals surface area (Å²) in [4.78, 5) is 11.2. The maximum absolute atomic E-state index is 11.2. The van der Waals surface area contributed by atoms with Crippen molar-refractivity contribution >= 4 is 38.3 Å². The molecule has 0 bridgehead atoms. The Labute approximate surface area is 158 Å². The molecule has 0 aliphatic heterocycles. The van der Waals surface area contributed by atoms with E-state index in [-0.39, 0.29) is 56.9 Å². The van der Waals surface area contributed by atoms with Gasteiger partial charge in [0.05, 0.1) is 5.97 Å². The minimum Gasteiger partial charge on any atom is -0.545 e. The van der Waals surface area contributed by atoms with Crippen LogP contribution in [-0.4, -0.2) is 5.97 Å². The quantitative estimate of drug-likeness (QED) is 0.363. The molecule has 0 amide bonds. The van der Waals surface area contributed by atoms with Crippen LogP contribution < -0.4 is 56.5 Å². The summed E-state index contributed by atoms with van der Waals surface area (Å²) in [5, 5.41) is 17.4. The SMILES string of the molecule is O=C([O-])c1ccc2ccc3cccc4ccc1c2c34.[K+]. The van der Waals surface area contributed by atoms with Crippen LogP contribution in [0.3, 0.4) is 0 Å². The van der Waals surface area contributed by atoms with Gasteiger partial charge in [-0.1, -0.05) is 54.6 Å². The van der Waals surface area contributed by atoms with E-state index in [2.05, 4.69) is 6.07 Å². The summed E-state index contributed by atoms with van der Waals surface area (Å²) in [6.07, 6.45) is 0. The predicted molar refractivity (Wildman–Crippen MR) is 74.5 cm³/mol. The molecule has 0 heterocycles. The summed E-state index contributed by atoms with van der Waals surface area (Å²) >= 11 is 0. The van der Waals surface area contributed by atoms with Crippen LogP contribution in [0.4, 0.5) is 0 Å². The van der Waals surface area contributed by atoms with E-state index in [0.717, 1.165) is 32.3 Å². The van der Waals surface area contributed by atoms with Gasteiger partial charge in [-0.15, -0.1) is 0 Å². The van der Waals surface area contributed by atoms with Crippen molar-refractivity contribution in [3.05, 3.63) is 60.2 Å². The number of carbonyl (C=O) groups excluding carboxylic acids is 1. The third kappa shape index (κ3) is 1.90. The number of aromatic carboxylic acids is 1. The molecular formula is C17H9KO2. The standard InChI is InChI=1S/C17H10O2.K/c18-17(19)14-9-7-12-5-4-10-2-1-3-11-6-8-13(14)16(12)15(10)11;/h1-9H,(H,18,19);/q;+1/p-1. The molecule has 0 atom stereocenters. The van der Waals surface area contributed by atoms with E-state index in [1.807, 2.05) is 42.5 Å². The van der Waals surface area contributed by atoms with Crippen LogP contribution in [0.2, 0.25) is 0 Å². The Bertz CT molecular complexity index is 928. The van der Waals surface area contributed by atoms with Crippen molar-refractivity contribution in [2.45, 2.75) is 0 Å². The number of benzene rings is 4. The van der Waals surface area contributed by atoms with Gasteiger partial charge in [0, 0.05) is 5.56 Å². The van der Waals surface area contributed by atoms with Crippen molar-refractivity contribution in [3.63, 3.8) is 0 Å². The number of hydrogen-bond donors (Lipinski definition) is 0.